The van der Waals surface area contributed by atoms with Crippen LogP contribution in [0.2, 0.25) is 5.02 Å². The van der Waals surface area contributed by atoms with Crippen molar-refractivity contribution >= 4 is 35.0 Å². The summed E-state index contributed by atoms with van der Waals surface area (Å²) in [4.78, 5) is 26.5. The number of nitrogens with one attached hydrogen (secondary N) is 1. The molecule has 1 aliphatic heterocycles. The van der Waals surface area contributed by atoms with Gasteiger partial charge >= 0.3 is 6.09 Å². The van der Waals surface area contributed by atoms with Gasteiger partial charge < -0.3 is 14.6 Å². The summed E-state index contributed by atoms with van der Waals surface area (Å²) in [6, 6.07) is 16.5. The van der Waals surface area contributed by atoms with Gasteiger partial charge in [0.15, 0.2) is 0 Å². The Labute approximate surface area is 173 Å². The number of benzene rings is 2. The van der Waals surface area contributed by atoms with E-state index in [1.807, 2.05) is 60.9 Å². The second kappa shape index (κ2) is 7.64. The zero-order chi connectivity index (χ0) is 20.5. The molecule has 6 nitrogen and oxygen atoms in total. The summed E-state index contributed by atoms with van der Waals surface area (Å²) >= 11 is 5.99. The molecule has 3 aromatic rings. The molecule has 148 valence electrons. The zero-order valence-corrected chi connectivity index (χ0v) is 16.9. The average Bonchev–Trinajstić information content (AvgIpc) is 3.26. The number of ether oxygens (including phenoxy) is 1. The second-order valence-electron chi connectivity index (χ2n) is 6.83. The SMILES string of the molecule is Cc1cc(C(=O)Nc2ccccc2N2CCOC2=O)c(C)n1-c1ccc(Cl)cc1. The molecule has 0 atom stereocenters. The number of anilines is 2. The van der Waals surface area contributed by atoms with Crippen molar-refractivity contribution in [1.82, 2.24) is 4.57 Å². The number of cyclic esters (lactones) is 1. The predicted octanol–water partition coefficient (Wildman–Crippen LogP) is 4.96. The van der Waals surface area contributed by atoms with Crippen LogP contribution in [-0.4, -0.2) is 29.7 Å². The molecule has 2 aromatic carbocycles. The van der Waals surface area contributed by atoms with Crippen molar-refractivity contribution in [3.8, 4) is 5.69 Å². The molecule has 0 bridgehead atoms. The molecule has 0 radical (unpaired) electrons. The van der Waals surface area contributed by atoms with Crippen molar-refractivity contribution in [3.05, 3.63) is 76.6 Å². The Kier molecular flexibility index (Phi) is 5.03. The number of amides is 2. The summed E-state index contributed by atoms with van der Waals surface area (Å²) < 4.78 is 7.03. The Morgan fingerprint density at radius 2 is 1.83 bits per heavy atom. The third kappa shape index (κ3) is 3.59. The van der Waals surface area contributed by atoms with E-state index in [0.29, 0.717) is 35.1 Å². The van der Waals surface area contributed by atoms with E-state index in [9.17, 15) is 9.59 Å². The molecule has 29 heavy (non-hydrogen) atoms. The van der Waals surface area contributed by atoms with Gasteiger partial charge in [0, 0.05) is 22.1 Å². The Balaban J connectivity index is 1.65. The second-order valence-corrected chi connectivity index (χ2v) is 7.27. The third-order valence-electron chi connectivity index (χ3n) is 4.96. The van der Waals surface area contributed by atoms with E-state index in [0.717, 1.165) is 17.1 Å². The first-order chi connectivity index (χ1) is 14.0. The summed E-state index contributed by atoms with van der Waals surface area (Å²) in [6.07, 6.45) is -0.410. The van der Waals surface area contributed by atoms with Gasteiger partial charge in [-0.1, -0.05) is 23.7 Å². The molecule has 1 aromatic heterocycles. The first-order valence-electron chi connectivity index (χ1n) is 9.25. The molecule has 1 fully saturated rings. The quantitative estimate of drug-likeness (QED) is 0.662. The van der Waals surface area contributed by atoms with Crippen molar-refractivity contribution in [3.63, 3.8) is 0 Å². The van der Waals surface area contributed by atoms with Gasteiger partial charge in [0.25, 0.3) is 5.91 Å². The molecule has 1 aliphatic rings. The van der Waals surface area contributed by atoms with E-state index in [1.54, 1.807) is 12.1 Å². The summed E-state index contributed by atoms with van der Waals surface area (Å²) in [6.45, 7) is 4.65. The largest absolute Gasteiger partial charge is 0.447 e. The van der Waals surface area contributed by atoms with Crippen LogP contribution in [0.3, 0.4) is 0 Å². The molecule has 4 rings (SSSR count). The fourth-order valence-corrected chi connectivity index (χ4v) is 3.72. The Bertz CT molecular complexity index is 1090. The molecule has 1 N–H and O–H groups in total. The van der Waals surface area contributed by atoms with Gasteiger partial charge in [-0.2, -0.15) is 0 Å². The maximum Gasteiger partial charge on any atom is 0.414 e. The highest BCUT2D eigenvalue weighted by atomic mass is 35.5. The van der Waals surface area contributed by atoms with Crippen LogP contribution < -0.4 is 10.2 Å². The maximum absolute atomic E-state index is 13.1. The summed E-state index contributed by atoms with van der Waals surface area (Å²) in [7, 11) is 0. The highest BCUT2D eigenvalue weighted by Gasteiger charge is 2.26. The predicted molar refractivity (Wildman–Crippen MR) is 113 cm³/mol. The van der Waals surface area contributed by atoms with Crippen LogP contribution in [0.25, 0.3) is 5.69 Å². The summed E-state index contributed by atoms with van der Waals surface area (Å²) in [5, 5.41) is 3.60. The zero-order valence-electron chi connectivity index (χ0n) is 16.1. The van der Waals surface area contributed by atoms with Crippen molar-refractivity contribution in [2.75, 3.05) is 23.4 Å². The van der Waals surface area contributed by atoms with Gasteiger partial charge in [0.05, 0.1) is 23.5 Å². The van der Waals surface area contributed by atoms with Gasteiger partial charge in [0.2, 0.25) is 0 Å². The molecule has 0 saturated carbocycles. The minimum Gasteiger partial charge on any atom is -0.447 e. The fraction of sp³-hybridized carbons (Fsp3) is 0.182. The minimum absolute atomic E-state index is 0.238. The van der Waals surface area contributed by atoms with Crippen LogP contribution in [-0.2, 0) is 4.74 Å². The summed E-state index contributed by atoms with van der Waals surface area (Å²) in [5.41, 5.74) is 4.44. The molecular weight excluding hydrogens is 390 g/mol. The normalized spacial score (nSPS) is 13.5. The maximum atomic E-state index is 13.1. The average molecular weight is 410 g/mol. The van der Waals surface area contributed by atoms with E-state index in [2.05, 4.69) is 5.32 Å². The van der Waals surface area contributed by atoms with E-state index >= 15 is 0 Å². The number of aryl methyl sites for hydroxylation is 1. The van der Waals surface area contributed by atoms with E-state index < -0.39 is 6.09 Å². The third-order valence-corrected chi connectivity index (χ3v) is 5.22. The van der Waals surface area contributed by atoms with Crippen LogP contribution >= 0.6 is 11.6 Å². The lowest BCUT2D eigenvalue weighted by molar-refractivity contribution is 0.102. The standard InChI is InChI=1S/C22H20ClN3O3/c1-14-13-18(15(2)26(14)17-9-7-16(23)8-10-17)21(27)24-19-5-3-4-6-20(19)25-11-12-29-22(25)28/h3-10,13H,11-12H2,1-2H3,(H,24,27). The minimum atomic E-state index is -0.410. The molecule has 2 amide bonds. The van der Waals surface area contributed by atoms with Gasteiger partial charge in [-0.05, 0) is 56.3 Å². The number of rotatable bonds is 4. The van der Waals surface area contributed by atoms with E-state index in [-0.39, 0.29) is 5.91 Å². The number of carbonyl (C=O) groups is 2. The van der Waals surface area contributed by atoms with Crippen molar-refractivity contribution in [2.45, 2.75) is 13.8 Å². The van der Waals surface area contributed by atoms with Crippen molar-refractivity contribution < 1.29 is 14.3 Å². The lowest BCUT2D eigenvalue weighted by Gasteiger charge is -2.17. The van der Waals surface area contributed by atoms with Crippen LogP contribution in [0.1, 0.15) is 21.7 Å². The number of carbonyl (C=O) groups excluding carboxylic acids is 2. The van der Waals surface area contributed by atoms with Crippen LogP contribution in [0, 0.1) is 13.8 Å². The number of hydrogen-bond donors (Lipinski definition) is 1. The number of aromatic nitrogens is 1. The topological polar surface area (TPSA) is 63.6 Å². The number of nitrogens with zero attached hydrogens (tertiary/aromatic N) is 2. The van der Waals surface area contributed by atoms with E-state index in [4.69, 9.17) is 16.3 Å². The van der Waals surface area contributed by atoms with Crippen LogP contribution in [0.4, 0.5) is 16.2 Å². The molecule has 1 saturated heterocycles. The Morgan fingerprint density at radius 1 is 1.10 bits per heavy atom. The monoisotopic (exact) mass is 409 g/mol. The first-order valence-corrected chi connectivity index (χ1v) is 9.63. The van der Waals surface area contributed by atoms with E-state index in [1.165, 1.54) is 4.90 Å². The Morgan fingerprint density at radius 3 is 2.52 bits per heavy atom. The van der Waals surface area contributed by atoms with Gasteiger partial charge in [-0.25, -0.2) is 4.79 Å². The number of para-hydroxylation sites is 2. The molecule has 2 heterocycles. The molecular formula is C22H20ClN3O3. The van der Waals surface area contributed by atoms with Crippen molar-refractivity contribution in [1.29, 1.82) is 0 Å². The van der Waals surface area contributed by atoms with Crippen LogP contribution in [0.15, 0.2) is 54.6 Å². The lowest BCUT2D eigenvalue weighted by atomic mass is 10.2. The smallest absolute Gasteiger partial charge is 0.414 e. The van der Waals surface area contributed by atoms with Gasteiger partial charge in [-0.3, -0.25) is 9.69 Å². The molecule has 7 heteroatoms. The number of halogens is 1. The molecule has 0 aliphatic carbocycles. The molecule has 0 unspecified atom stereocenters. The van der Waals surface area contributed by atoms with Gasteiger partial charge in [-0.15, -0.1) is 0 Å². The highest BCUT2D eigenvalue weighted by Crippen LogP contribution is 2.29. The number of hydrogen-bond acceptors (Lipinski definition) is 3. The van der Waals surface area contributed by atoms with Gasteiger partial charge in [0.1, 0.15) is 6.61 Å². The first kappa shape index (κ1) is 19.1. The molecule has 0 spiro atoms. The van der Waals surface area contributed by atoms with Crippen molar-refractivity contribution in [2.24, 2.45) is 0 Å². The van der Waals surface area contributed by atoms with Crippen LogP contribution in [0.5, 0.6) is 0 Å². The highest BCUT2D eigenvalue weighted by molar-refractivity contribution is 6.30. The Hall–Kier alpha value is -3.25. The lowest BCUT2D eigenvalue weighted by Crippen LogP contribution is -2.25. The summed E-state index contributed by atoms with van der Waals surface area (Å²) in [5.74, 6) is -0.238. The fourth-order valence-electron chi connectivity index (χ4n) is 3.60.